The second-order valence-electron chi connectivity index (χ2n) is 4.93. The first-order valence-corrected chi connectivity index (χ1v) is 6.53. The number of carbonyl (C=O) groups is 3. The van der Waals surface area contributed by atoms with E-state index in [-0.39, 0.29) is 11.9 Å². The fourth-order valence-electron chi connectivity index (χ4n) is 1.87. The predicted molar refractivity (Wildman–Crippen MR) is 70.3 cm³/mol. The number of nitrogens with zero attached hydrogens (tertiary/aromatic N) is 2. The summed E-state index contributed by atoms with van der Waals surface area (Å²) in [6, 6.07) is 0.106. The van der Waals surface area contributed by atoms with E-state index in [0.29, 0.717) is 32.7 Å². The average Bonchev–Trinajstić information content (AvgIpc) is 2.35. The quantitative estimate of drug-likeness (QED) is 0.697. The second kappa shape index (κ2) is 7.68. The Labute approximate surface area is 117 Å². The minimum absolute atomic E-state index is 0.0399. The molecular weight excluding hydrogens is 266 g/mol. The number of carbonyl (C=O) groups excluding carboxylic acids is 2. The Morgan fingerprint density at radius 2 is 1.80 bits per heavy atom. The molecule has 0 aliphatic carbocycles. The molecule has 1 fully saturated rings. The summed E-state index contributed by atoms with van der Waals surface area (Å²) in [6.07, 6.45) is -0.626. The largest absolute Gasteiger partial charge is 0.479 e. The molecule has 2 N–H and O–H groups in total. The van der Waals surface area contributed by atoms with Crippen LogP contribution in [0.25, 0.3) is 0 Å². The van der Waals surface area contributed by atoms with Gasteiger partial charge in [-0.05, 0) is 13.8 Å². The minimum Gasteiger partial charge on any atom is -0.479 e. The lowest BCUT2D eigenvalue weighted by molar-refractivity contribution is -0.140. The van der Waals surface area contributed by atoms with Crippen molar-refractivity contribution in [2.45, 2.75) is 19.9 Å². The Kier molecular flexibility index (Phi) is 6.23. The predicted octanol–water partition coefficient (Wildman–Crippen LogP) is -0.650. The number of piperazine rings is 1. The number of ether oxygens (including phenoxy) is 1. The van der Waals surface area contributed by atoms with Gasteiger partial charge in [-0.15, -0.1) is 0 Å². The van der Waals surface area contributed by atoms with Crippen molar-refractivity contribution in [2.75, 3.05) is 39.3 Å². The van der Waals surface area contributed by atoms with Gasteiger partial charge in [-0.3, -0.25) is 9.69 Å². The molecule has 0 aromatic carbocycles. The molecule has 0 atom stereocenters. The molecule has 2 amide bonds. The maximum atomic E-state index is 11.6. The molecule has 8 nitrogen and oxygen atoms in total. The summed E-state index contributed by atoms with van der Waals surface area (Å²) < 4.78 is 4.60. The Morgan fingerprint density at radius 1 is 1.20 bits per heavy atom. The zero-order valence-corrected chi connectivity index (χ0v) is 11.8. The number of nitrogens with one attached hydrogen (secondary N) is 1. The fraction of sp³-hybridized carbons (Fsp3) is 0.750. The lowest BCUT2D eigenvalue weighted by Gasteiger charge is -2.33. The first-order chi connectivity index (χ1) is 9.38. The number of aliphatic carboxylic acids is 1. The maximum Gasteiger partial charge on any atom is 0.410 e. The van der Waals surface area contributed by atoms with Gasteiger partial charge in [0.15, 0.2) is 6.61 Å². The number of rotatable bonds is 5. The fourth-order valence-corrected chi connectivity index (χ4v) is 1.87. The molecule has 8 heteroatoms. The van der Waals surface area contributed by atoms with Crippen LogP contribution in [0.5, 0.6) is 0 Å². The molecule has 0 bridgehead atoms. The van der Waals surface area contributed by atoms with Gasteiger partial charge in [0.05, 0.1) is 6.54 Å². The lowest BCUT2D eigenvalue weighted by Crippen LogP contribution is -2.51. The molecule has 0 saturated carbocycles. The van der Waals surface area contributed by atoms with E-state index in [1.54, 1.807) is 0 Å². The second-order valence-corrected chi connectivity index (χ2v) is 4.93. The molecule has 20 heavy (non-hydrogen) atoms. The average molecular weight is 287 g/mol. The Morgan fingerprint density at radius 3 is 2.30 bits per heavy atom. The summed E-state index contributed by atoms with van der Waals surface area (Å²) in [5.74, 6) is -1.22. The van der Waals surface area contributed by atoms with Gasteiger partial charge in [-0.25, -0.2) is 9.59 Å². The Balaban J connectivity index is 2.27. The normalized spacial score (nSPS) is 16.1. The van der Waals surface area contributed by atoms with E-state index in [1.165, 1.54) is 4.90 Å². The Bertz CT molecular complexity index is 364. The van der Waals surface area contributed by atoms with Crippen LogP contribution in [-0.2, 0) is 14.3 Å². The van der Waals surface area contributed by atoms with Gasteiger partial charge in [0.25, 0.3) is 0 Å². The zero-order chi connectivity index (χ0) is 15.1. The summed E-state index contributed by atoms with van der Waals surface area (Å²) in [5, 5.41) is 11.2. The number of hydrogen-bond acceptors (Lipinski definition) is 5. The molecule has 1 heterocycles. The van der Waals surface area contributed by atoms with Crippen LogP contribution in [-0.4, -0.2) is 78.2 Å². The van der Waals surface area contributed by atoms with Crippen molar-refractivity contribution in [3.05, 3.63) is 0 Å². The first-order valence-electron chi connectivity index (χ1n) is 6.53. The van der Waals surface area contributed by atoms with Crippen LogP contribution in [0.15, 0.2) is 0 Å². The standard InChI is InChI=1S/C12H21N3O5/c1-9(2)13-10(16)7-14-3-5-15(6-4-14)12(19)20-8-11(17)18/h9H,3-8H2,1-2H3,(H,13,16)(H,17,18). The topological polar surface area (TPSA) is 99.2 Å². The maximum absolute atomic E-state index is 11.6. The van der Waals surface area contributed by atoms with Crippen LogP contribution >= 0.6 is 0 Å². The van der Waals surface area contributed by atoms with Crippen molar-refractivity contribution in [1.82, 2.24) is 15.1 Å². The summed E-state index contributed by atoms with van der Waals surface area (Å²) in [5.41, 5.74) is 0. The van der Waals surface area contributed by atoms with Crippen molar-refractivity contribution < 1.29 is 24.2 Å². The van der Waals surface area contributed by atoms with Crippen LogP contribution in [0.2, 0.25) is 0 Å². The summed E-state index contributed by atoms with van der Waals surface area (Å²) >= 11 is 0. The smallest absolute Gasteiger partial charge is 0.410 e. The number of amides is 2. The third-order valence-electron chi connectivity index (χ3n) is 2.77. The number of carboxylic acids is 1. The first kappa shape index (κ1) is 16.2. The van der Waals surface area contributed by atoms with Crippen LogP contribution in [0.4, 0.5) is 4.79 Å². The van der Waals surface area contributed by atoms with Gasteiger partial charge in [0.1, 0.15) is 0 Å². The third kappa shape index (κ3) is 5.87. The highest BCUT2D eigenvalue weighted by atomic mass is 16.6. The van der Waals surface area contributed by atoms with E-state index in [9.17, 15) is 14.4 Å². The molecule has 0 aromatic rings. The van der Waals surface area contributed by atoms with E-state index in [0.717, 1.165) is 0 Å². The van der Waals surface area contributed by atoms with Crippen molar-refractivity contribution in [1.29, 1.82) is 0 Å². The highest BCUT2D eigenvalue weighted by Gasteiger charge is 2.23. The van der Waals surface area contributed by atoms with Gasteiger partial charge < -0.3 is 20.1 Å². The van der Waals surface area contributed by atoms with Gasteiger partial charge in [0, 0.05) is 32.2 Å². The van der Waals surface area contributed by atoms with Gasteiger partial charge in [-0.1, -0.05) is 0 Å². The van der Waals surface area contributed by atoms with Crippen LogP contribution in [0.1, 0.15) is 13.8 Å². The number of hydrogen-bond donors (Lipinski definition) is 2. The van der Waals surface area contributed by atoms with Crippen LogP contribution in [0.3, 0.4) is 0 Å². The van der Waals surface area contributed by atoms with Crippen molar-refractivity contribution in [2.24, 2.45) is 0 Å². The summed E-state index contributed by atoms with van der Waals surface area (Å²) in [4.78, 5) is 36.8. The molecule has 1 saturated heterocycles. The lowest BCUT2D eigenvalue weighted by atomic mass is 10.3. The molecule has 0 radical (unpaired) electrons. The van der Waals surface area contributed by atoms with E-state index in [4.69, 9.17) is 5.11 Å². The summed E-state index contributed by atoms with van der Waals surface area (Å²) in [6.45, 7) is 5.44. The zero-order valence-electron chi connectivity index (χ0n) is 11.8. The minimum atomic E-state index is -1.18. The molecule has 1 rings (SSSR count). The molecular formula is C12H21N3O5. The highest BCUT2D eigenvalue weighted by Crippen LogP contribution is 2.03. The third-order valence-corrected chi connectivity index (χ3v) is 2.77. The van der Waals surface area contributed by atoms with Gasteiger partial charge in [0.2, 0.25) is 5.91 Å². The molecule has 0 aromatic heterocycles. The van der Waals surface area contributed by atoms with Gasteiger partial charge in [-0.2, -0.15) is 0 Å². The number of carboxylic acid groups (broad SMARTS) is 1. The molecule has 0 spiro atoms. The molecule has 1 aliphatic rings. The molecule has 114 valence electrons. The van der Waals surface area contributed by atoms with E-state index < -0.39 is 18.7 Å². The van der Waals surface area contributed by atoms with Crippen molar-refractivity contribution in [3.8, 4) is 0 Å². The van der Waals surface area contributed by atoms with Crippen molar-refractivity contribution in [3.63, 3.8) is 0 Å². The monoisotopic (exact) mass is 287 g/mol. The highest BCUT2D eigenvalue weighted by molar-refractivity contribution is 5.78. The summed E-state index contributed by atoms with van der Waals surface area (Å²) in [7, 11) is 0. The van der Waals surface area contributed by atoms with E-state index in [1.807, 2.05) is 18.7 Å². The van der Waals surface area contributed by atoms with E-state index >= 15 is 0 Å². The molecule has 0 unspecified atom stereocenters. The van der Waals surface area contributed by atoms with Crippen LogP contribution in [0, 0.1) is 0 Å². The van der Waals surface area contributed by atoms with E-state index in [2.05, 4.69) is 10.1 Å². The molecule has 1 aliphatic heterocycles. The SMILES string of the molecule is CC(C)NC(=O)CN1CCN(C(=O)OCC(=O)O)CC1. The van der Waals surface area contributed by atoms with Crippen LogP contribution < -0.4 is 5.32 Å². The van der Waals surface area contributed by atoms with Crippen molar-refractivity contribution >= 4 is 18.0 Å². The Hall–Kier alpha value is -1.83. The van der Waals surface area contributed by atoms with Gasteiger partial charge >= 0.3 is 12.1 Å².